The summed E-state index contributed by atoms with van der Waals surface area (Å²) in [5, 5.41) is 9.22. The van der Waals surface area contributed by atoms with Crippen LogP contribution in [0.15, 0.2) is 35.5 Å². The average molecular weight is 265 g/mol. The van der Waals surface area contributed by atoms with Crippen LogP contribution in [0.1, 0.15) is 23.7 Å². The third kappa shape index (κ3) is 3.19. The van der Waals surface area contributed by atoms with Crippen molar-refractivity contribution >= 4 is 11.8 Å². The molecule has 0 fully saturated rings. The van der Waals surface area contributed by atoms with E-state index in [1.807, 2.05) is 0 Å². The number of carbonyl (C=O) groups excluding carboxylic acids is 1. The van der Waals surface area contributed by atoms with Crippen LogP contribution in [0.5, 0.6) is 0 Å². The number of nitrogens with zero attached hydrogens (tertiary/aromatic N) is 1. The lowest BCUT2D eigenvalue weighted by atomic mass is 9.99. The van der Waals surface area contributed by atoms with Gasteiger partial charge in [-0.05, 0) is 18.6 Å². The summed E-state index contributed by atoms with van der Waals surface area (Å²) >= 11 is 0. The molecule has 0 bridgehead atoms. The summed E-state index contributed by atoms with van der Waals surface area (Å²) in [6.07, 6.45) is 0.370. The first-order chi connectivity index (χ1) is 8.90. The van der Waals surface area contributed by atoms with Gasteiger partial charge >= 0.3 is 5.97 Å². The molecule has 1 aromatic rings. The first-order valence-corrected chi connectivity index (χ1v) is 5.83. The van der Waals surface area contributed by atoms with Gasteiger partial charge in [-0.2, -0.15) is 0 Å². The van der Waals surface area contributed by atoms with Gasteiger partial charge in [0.2, 0.25) is 5.78 Å². The minimum Gasteiger partial charge on any atom is -0.477 e. The highest BCUT2D eigenvalue weighted by Crippen LogP contribution is 2.19. The Morgan fingerprint density at radius 3 is 2.26 bits per heavy atom. The Balaban J connectivity index is 3.41. The van der Waals surface area contributed by atoms with Gasteiger partial charge in [0.15, 0.2) is 0 Å². The van der Waals surface area contributed by atoms with Crippen molar-refractivity contribution in [2.45, 2.75) is 13.3 Å². The number of rotatable bonds is 5. The lowest BCUT2D eigenvalue weighted by Crippen LogP contribution is -2.23. The molecule has 4 nitrogen and oxygen atoms in total. The van der Waals surface area contributed by atoms with E-state index < -0.39 is 23.1 Å². The Labute approximate surface area is 111 Å². The second-order valence-electron chi connectivity index (χ2n) is 4.18. The molecule has 1 aromatic carbocycles. The molecule has 0 amide bonds. The Morgan fingerprint density at radius 1 is 1.26 bits per heavy atom. The Bertz CT molecular complexity index is 535. The predicted octanol–water partition coefficient (Wildman–Crippen LogP) is 2.32. The van der Waals surface area contributed by atoms with E-state index in [4.69, 9.17) is 0 Å². The van der Waals surface area contributed by atoms with Crippen molar-refractivity contribution in [3.8, 4) is 0 Å². The van der Waals surface area contributed by atoms with Gasteiger partial charge in [0.1, 0.15) is 11.4 Å². The summed E-state index contributed by atoms with van der Waals surface area (Å²) in [7, 11) is 3.30. The van der Waals surface area contributed by atoms with E-state index in [2.05, 4.69) is 0 Å². The van der Waals surface area contributed by atoms with Gasteiger partial charge in [0.25, 0.3) is 0 Å². The van der Waals surface area contributed by atoms with Crippen LogP contribution in [0.4, 0.5) is 4.39 Å². The molecule has 0 aromatic heterocycles. The van der Waals surface area contributed by atoms with Crippen LogP contribution < -0.4 is 0 Å². The van der Waals surface area contributed by atoms with Crippen molar-refractivity contribution in [1.29, 1.82) is 0 Å². The van der Waals surface area contributed by atoms with E-state index in [1.54, 1.807) is 25.9 Å². The van der Waals surface area contributed by atoms with Gasteiger partial charge in [-0.1, -0.05) is 19.1 Å². The largest absolute Gasteiger partial charge is 0.477 e. The number of carboxylic acid groups (broad SMARTS) is 1. The maximum absolute atomic E-state index is 13.6. The topological polar surface area (TPSA) is 57.6 Å². The molecular formula is C14H16FNO3. The molecule has 0 aliphatic rings. The Kier molecular flexibility index (Phi) is 4.80. The molecule has 0 spiro atoms. The Morgan fingerprint density at radius 2 is 1.84 bits per heavy atom. The molecule has 102 valence electrons. The van der Waals surface area contributed by atoms with E-state index in [9.17, 15) is 19.1 Å². The number of Topliss-reactive ketones (excluding diaryl/α,β-unsaturated/α-hetero) is 1. The summed E-state index contributed by atoms with van der Waals surface area (Å²) in [6.45, 7) is 1.74. The molecule has 1 rings (SSSR count). The molecule has 1 N–H and O–H groups in total. The lowest BCUT2D eigenvalue weighted by molar-refractivity contribution is -0.132. The summed E-state index contributed by atoms with van der Waals surface area (Å²) < 4.78 is 13.6. The van der Waals surface area contributed by atoms with Crippen LogP contribution in [0.25, 0.3) is 0 Å². The highest BCUT2D eigenvalue weighted by atomic mass is 19.1. The van der Waals surface area contributed by atoms with Gasteiger partial charge in [-0.15, -0.1) is 0 Å². The zero-order chi connectivity index (χ0) is 14.6. The quantitative estimate of drug-likeness (QED) is 0.384. The van der Waals surface area contributed by atoms with Gasteiger partial charge in [-0.3, -0.25) is 4.79 Å². The zero-order valence-electron chi connectivity index (χ0n) is 11.1. The summed E-state index contributed by atoms with van der Waals surface area (Å²) in [5.74, 6) is -2.88. The Hall–Kier alpha value is -2.17. The van der Waals surface area contributed by atoms with Crippen molar-refractivity contribution in [2.75, 3.05) is 14.1 Å². The van der Waals surface area contributed by atoms with Crippen molar-refractivity contribution < 1.29 is 19.1 Å². The van der Waals surface area contributed by atoms with Crippen LogP contribution in [-0.2, 0) is 4.79 Å². The monoisotopic (exact) mass is 265 g/mol. The molecule has 19 heavy (non-hydrogen) atoms. The number of benzene rings is 1. The summed E-state index contributed by atoms with van der Waals surface area (Å²) in [6, 6.07) is 5.36. The number of hydrogen-bond donors (Lipinski definition) is 1. The number of carbonyl (C=O) groups is 2. The summed E-state index contributed by atoms with van der Waals surface area (Å²) in [4.78, 5) is 25.1. The SMILES string of the molecule is CCC(=C(C(=O)O)C(=O)c1ccccc1F)N(C)C. The van der Waals surface area contributed by atoms with Crippen molar-refractivity contribution in [3.05, 3.63) is 46.9 Å². The first kappa shape index (κ1) is 14.9. The van der Waals surface area contributed by atoms with Gasteiger partial charge in [0.05, 0.1) is 5.56 Å². The van der Waals surface area contributed by atoms with Gasteiger partial charge in [-0.25, -0.2) is 9.18 Å². The maximum Gasteiger partial charge on any atom is 0.341 e. The van der Waals surface area contributed by atoms with E-state index >= 15 is 0 Å². The number of carboxylic acids is 1. The van der Waals surface area contributed by atoms with Crippen LogP contribution in [-0.4, -0.2) is 35.9 Å². The molecule has 5 heteroatoms. The number of allylic oxidation sites excluding steroid dienone is 1. The molecule has 0 saturated heterocycles. The lowest BCUT2D eigenvalue weighted by Gasteiger charge is -2.18. The normalized spacial score (nSPS) is 11.8. The number of ketones is 1. The maximum atomic E-state index is 13.6. The average Bonchev–Trinajstić information content (AvgIpc) is 2.34. The van der Waals surface area contributed by atoms with Crippen LogP contribution in [0.2, 0.25) is 0 Å². The number of aliphatic carboxylic acids is 1. The highest BCUT2D eigenvalue weighted by molar-refractivity contribution is 6.24. The van der Waals surface area contributed by atoms with Crippen LogP contribution in [0.3, 0.4) is 0 Å². The minimum atomic E-state index is -1.35. The molecule has 0 unspecified atom stereocenters. The zero-order valence-corrected chi connectivity index (χ0v) is 11.1. The molecule has 0 saturated carbocycles. The van der Waals surface area contributed by atoms with Crippen LogP contribution >= 0.6 is 0 Å². The predicted molar refractivity (Wildman–Crippen MR) is 69.4 cm³/mol. The second-order valence-corrected chi connectivity index (χ2v) is 4.18. The fourth-order valence-corrected chi connectivity index (χ4v) is 1.85. The molecule has 0 heterocycles. The van der Waals surface area contributed by atoms with E-state index in [0.29, 0.717) is 12.1 Å². The fraction of sp³-hybridized carbons (Fsp3) is 0.286. The third-order valence-corrected chi connectivity index (χ3v) is 2.72. The van der Waals surface area contributed by atoms with Crippen molar-refractivity contribution in [3.63, 3.8) is 0 Å². The molecular weight excluding hydrogens is 249 g/mol. The minimum absolute atomic E-state index is 0.229. The molecule has 0 aliphatic heterocycles. The summed E-state index contributed by atoms with van der Waals surface area (Å²) in [5.41, 5.74) is -0.258. The number of hydrogen-bond acceptors (Lipinski definition) is 3. The fourth-order valence-electron chi connectivity index (χ4n) is 1.85. The van der Waals surface area contributed by atoms with Crippen molar-refractivity contribution in [2.24, 2.45) is 0 Å². The highest BCUT2D eigenvalue weighted by Gasteiger charge is 2.26. The smallest absolute Gasteiger partial charge is 0.341 e. The van der Waals surface area contributed by atoms with Gasteiger partial charge < -0.3 is 10.0 Å². The van der Waals surface area contributed by atoms with Crippen molar-refractivity contribution in [1.82, 2.24) is 4.90 Å². The van der Waals surface area contributed by atoms with E-state index in [0.717, 1.165) is 6.07 Å². The molecule has 0 radical (unpaired) electrons. The second kappa shape index (κ2) is 6.13. The van der Waals surface area contributed by atoms with E-state index in [-0.39, 0.29) is 5.56 Å². The molecule has 0 aliphatic carbocycles. The standard InChI is InChI=1S/C14H16FNO3/c1-4-11(16(2)3)12(14(18)19)13(17)9-7-5-6-8-10(9)15/h5-8H,4H2,1-3H3,(H,18,19). The number of halogens is 1. The van der Waals surface area contributed by atoms with E-state index in [1.165, 1.54) is 18.2 Å². The van der Waals surface area contributed by atoms with Gasteiger partial charge in [0, 0.05) is 19.8 Å². The first-order valence-electron chi connectivity index (χ1n) is 5.83. The molecule has 0 atom stereocenters. The third-order valence-electron chi connectivity index (χ3n) is 2.72. The van der Waals surface area contributed by atoms with Crippen LogP contribution in [0, 0.1) is 5.82 Å².